The van der Waals surface area contributed by atoms with Gasteiger partial charge in [-0.05, 0) is 29.8 Å². The molecule has 3 aromatic rings. The molecule has 0 amide bonds. The first kappa shape index (κ1) is 16.6. The highest BCUT2D eigenvalue weighted by Crippen LogP contribution is 2.27. The topological polar surface area (TPSA) is 47.6 Å². The number of carbonyl (C=O) groups is 1. The normalized spacial score (nSPS) is 10.1. The standard InChI is InChI=1S/C21H19NO3/c1-24-21(23)19-13-12-18(25-15-16-8-4-2-5-9-16)14-20(19)22-17-10-6-3-7-11-17/h2-14,22H,15H2,1H3. The fourth-order valence-electron chi connectivity index (χ4n) is 2.42. The fourth-order valence-corrected chi connectivity index (χ4v) is 2.42. The van der Waals surface area contributed by atoms with E-state index in [2.05, 4.69) is 5.32 Å². The Morgan fingerprint density at radius 2 is 1.60 bits per heavy atom. The van der Waals surface area contributed by atoms with Crippen LogP contribution in [0.4, 0.5) is 11.4 Å². The minimum absolute atomic E-state index is 0.395. The van der Waals surface area contributed by atoms with E-state index in [0.29, 0.717) is 23.6 Å². The van der Waals surface area contributed by atoms with Crippen molar-refractivity contribution in [1.29, 1.82) is 0 Å². The van der Waals surface area contributed by atoms with Gasteiger partial charge in [-0.25, -0.2) is 4.79 Å². The van der Waals surface area contributed by atoms with Crippen molar-refractivity contribution in [1.82, 2.24) is 0 Å². The van der Waals surface area contributed by atoms with E-state index in [1.165, 1.54) is 7.11 Å². The predicted molar refractivity (Wildman–Crippen MR) is 98.3 cm³/mol. The molecule has 0 spiro atoms. The number of benzene rings is 3. The third-order valence-corrected chi connectivity index (χ3v) is 3.70. The largest absolute Gasteiger partial charge is 0.489 e. The molecular formula is C21H19NO3. The number of hydrogen-bond donors (Lipinski definition) is 1. The first-order chi connectivity index (χ1) is 12.3. The molecule has 0 saturated heterocycles. The lowest BCUT2D eigenvalue weighted by molar-refractivity contribution is 0.0602. The van der Waals surface area contributed by atoms with Crippen LogP contribution >= 0.6 is 0 Å². The monoisotopic (exact) mass is 333 g/mol. The van der Waals surface area contributed by atoms with Crippen molar-refractivity contribution in [2.24, 2.45) is 0 Å². The van der Waals surface area contributed by atoms with Crippen molar-refractivity contribution < 1.29 is 14.3 Å². The van der Waals surface area contributed by atoms with E-state index < -0.39 is 5.97 Å². The van der Waals surface area contributed by atoms with Crippen molar-refractivity contribution in [3.8, 4) is 5.75 Å². The molecule has 4 nitrogen and oxygen atoms in total. The molecule has 0 radical (unpaired) electrons. The van der Waals surface area contributed by atoms with Gasteiger partial charge in [-0.2, -0.15) is 0 Å². The van der Waals surface area contributed by atoms with Gasteiger partial charge < -0.3 is 14.8 Å². The van der Waals surface area contributed by atoms with E-state index in [-0.39, 0.29) is 0 Å². The summed E-state index contributed by atoms with van der Waals surface area (Å²) in [6.07, 6.45) is 0. The first-order valence-electron chi connectivity index (χ1n) is 7.97. The van der Waals surface area contributed by atoms with Crippen LogP contribution in [0, 0.1) is 0 Å². The summed E-state index contributed by atoms with van der Waals surface area (Å²) >= 11 is 0. The number of para-hydroxylation sites is 1. The van der Waals surface area contributed by atoms with E-state index >= 15 is 0 Å². The average molecular weight is 333 g/mol. The molecule has 1 N–H and O–H groups in total. The molecule has 0 bridgehead atoms. The van der Waals surface area contributed by atoms with E-state index in [0.717, 1.165) is 11.3 Å². The molecule has 126 valence electrons. The highest BCUT2D eigenvalue weighted by atomic mass is 16.5. The fraction of sp³-hybridized carbons (Fsp3) is 0.0952. The zero-order valence-electron chi connectivity index (χ0n) is 13.9. The summed E-state index contributed by atoms with van der Waals surface area (Å²) in [5, 5.41) is 3.25. The zero-order chi connectivity index (χ0) is 17.5. The van der Waals surface area contributed by atoms with Gasteiger partial charge in [0, 0.05) is 11.8 Å². The number of hydrogen-bond acceptors (Lipinski definition) is 4. The number of rotatable bonds is 6. The lowest BCUT2D eigenvalue weighted by Crippen LogP contribution is -2.06. The number of anilines is 2. The van der Waals surface area contributed by atoms with Crippen LogP contribution in [0.1, 0.15) is 15.9 Å². The van der Waals surface area contributed by atoms with Crippen LogP contribution in [0.25, 0.3) is 0 Å². The summed E-state index contributed by atoms with van der Waals surface area (Å²) in [6, 6.07) is 24.9. The summed E-state index contributed by atoms with van der Waals surface area (Å²) < 4.78 is 10.7. The molecule has 0 fully saturated rings. The van der Waals surface area contributed by atoms with Crippen LogP contribution < -0.4 is 10.1 Å². The van der Waals surface area contributed by atoms with Crippen LogP contribution in [0.15, 0.2) is 78.9 Å². The third-order valence-electron chi connectivity index (χ3n) is 3.70. The summed E-state index contributed by atoms with van der Waals surface area (Å²) in [5.74, 6) is 0.281. The molecule has 0 saturated carbocycles. The number of carbonyl (C=O) groups excluding carboxylic acids is 1. The van der Waals surface area contributed by atoms with E-state index in [4.69, 9.17) is 9.47 Å². The van der Waals surface area contributed by atoms with Crippen LogP contribution in [-0.4, -0.2) is 13.1 Å². The molecule has 25 heavy (non-hydrogen) atoms. The SMILES string of the molecule is COC(=O)c1ccc(OCc2ccccc2)cc1Nc1ccccc1. The Hall–Kier alpha value is -3.27. The molecule has 0 aromatic heterocycles. The Morgan fingerprint density at radius 1 is 0.920 bits per heavy atom. The number of nitrogens with one attached hydrogen (secondary N) is 1. The number of ether oxygens (including phenoxy) is 2. The second-order valence-corrected chi connectivity index (χ2v) is 5.46. The van der Waals surface area contributed by atoms with Gasteiger partial charge in [0.25, 0.3) is 0 Å². The van der Waals surface area contributed by atoms with Crippen LogP contribution in [0.5, 0.6) is 5.75 Å². The molecule has 3 aromatic carbocycles. The predicted octanol–water partition coefficient (Wildman–Crippen LogP) is 4.80. The van der Waals surface area contributed by atoms with E-state index in [1.54, 1.807) is 12.1 Å². The smallest absolute Gasteiger partial charge is 0.339 e. The maximum Gasteiger partial charge on any atom is 0.339 e. The van der Waals surface area contributed by atoms with E-state index in [1.807, 2.05) is 66.7 Å². The Labute approximate surface area is 147 Å². The Bertz CT molecular complexity index is 832. The minimum atomic E-state index is -0.395. The van der Waals surface area contributed by atoms with Gasteiger partial charge in [-0.1, -0.05) is 48.5 Å². The Balaban J connectivity index is 1.83. The van der Waals surface area contributed by atoms with Crippen LogP contribution in [0.3, 0.4) is 0 Å². The second-order valence-electron chi connectivity index (χ2n) is 5.46. The number of methoxy groups -OCH3 is 1. The molecule has 0 heterocycles. The maximum absolute atomic E-state index is 12.0. The van der Waals surface area contributed by atoms with Gasteiger partial charge in [0.15, 0.2) is 0 Å². The zero-order valence-corrected chi connectivity index (χ0v) is 13.9. The van der Waals surface area contributed by atoms with Gasteiger partial charge in [0.05, 0.1) is 18.4 Å². The Morgan fingerprint density at radius 3 is 2.28 bits per heavy atom. The van der Waals surface area contributed by atoms with Crippen molar-refractivity contribution in [2.45, 2.75) is 6.61 Å². The number of esters is 1. The van der Waals surface area contributed by atoms with Gasteiger partial charge in [-0.15, -0.1) is 0 Å². The molecule has 0 aliphatic heterocycles. The molecule has 0 aliphatic rings. The van der Waals surface area contributed by atoms with Crippen molar-refractivity contribution in [3.63, 3.8) is 0 Å². The Kier molecular flexibility index (Phi) is 5.32. The van der Waals surface area contributed by atoms with Gasteiger partial charge in [0.2, 0.25) is 0 Å². The second kappa shape index (κ2) is 8.02. The minimum Gasteiger partial charge on any atom is -0.489 e. The van der Waals surface area contributed by atoms with Crippen LogP contribution in [-0.2, 0) is 11.3 Å². The summed E-state index contributed by atoms with van der Waals surface area (Å²) in [4.78, 5) is 12.0. The molecule has 0 atom stereocenters. The highest BCUT2D eigenvalue weighted by molar-refractivity contribution is 5.96. The summed E-state index contributed by atoms with van der Waals surface area (Å²) in [6.45, 7) is 0.461. The van der Waals surface area contributed by atoms with Gasteiger partial charge in [-0.3, -0.25) is 0 Å². The molecule has 3 rings (SSSR count). The van der Waals surface area contributed by atoms with Crippen molar-refractivity contribution in [2.75, 3.05) is 12.4 Å². The highest BCUT2D eigenvalue weighted by Gasteiger charge is 2.13. The van der Waals surface area contributed by atoms with Gasteiger partial charge >= 0.3 is 5.97 Å². The lowest BCUT2D eigenvalue weighted by atomic mass is 10.1. The van der Waals surface area contributed by atoms with Crippen LogP contribution in [0.2, 0.25) is 0 Å². The quantitative estimate of drug-likeness (QED) is 0.659. The lowest BCUT2D eigenvalue weighted by Gasteiger charge is -2.13. The van der Waals surface area contributed by atoms with Gasteiger partial charge in [0.1, 0.15) is 12.4 Å². The van der Waals surface area contributed by atoms with Crippen molar-refractivity contribution in [3.05, 3.63) is 90.0 Å². The molecule has 0 aliphatic carbocycles. The first-order valence-corrected chi connectivity index (χ1v) is 7.97. The summed E-state index contributed by atoms with van der Waals surface area (Å²) in [7, 11) is 1.37. The molecular weight excluding hydrogens is 314 g/mol. The average Bonchev–Trinajstić information content (AvgIpc) is 2.67. The van der Waals surface area contributed by atoms with E-state index in [9.17, 15) is 4.79 Å². The van der Waals surface area contributed by atoms with Crippen molar-refractivity contribution >= 4 is 17.3 Å². The third kappa shape index (κ3) is 4.38. The maximum atomic E-state index is 12.0. The summed E-state index contributed by atoms with van der Waals surface area (Å²) in [5.41, 5.74) is 3.06. The molecule has 0 unspecified atom stereocenters. The molecule has 4 heteroatoms.